The van der Waals surface area contributed by atoms with E-state index in [4.69, 9.17) is 12.2 Å². The van der Waals surface area contributed by atoms with Gasteiger partial charge in [0.05, 0.1) is 0 Å². The first kappa shape index (κ1) is 13.1. The fourth-order valence-corrected chi connectivity index (χ4v) is 6.53. The minimum Gasteiger partial charge on any atom is -0.508 e. The number of aromatic hydroxyl groups is 1. The molecule has 0 radical (unpaired) electrons. The highest BCUT2D eigenvalue weighted by Crippen LogP contribution is 2.72. The maximum Gasteiger partial charge on any atom is 0.197 e. The van der Waals surface area contributed by atoms with Crippen LogP contribution in [0.3, 0.4) is 0 Å². The van der Waals surface area contributed by atoms with Gasteiger partial charge in [0.25, 0.3) is 0 Å². The van der Waals surface area contributed by atoms with Crippen LogP contribution in [0.25, 0.3) is 0 Å². The summed E-state index contributed by atoms with van der Waals surface area (Å²) >= 11 is 5.18. The highest BCUT2D eigenvalue weighted by Gasteiger charge is 2.74. The maximum absolute atomic E-state index is 12.9. The lowest BCUT2D eigenvalue weighted by atomic mass is 9.58. The van der Waals surface area contributed by atoms with Gasteiger partial charge in [0.1, 0.15) is 5.75 Å². The van der Waals surface area contributed by atoms with Crippen LogP contribution < -0.4 is 5.54 Å². The Morgan fingerprint density at radius 3 is 3.00 bits per heavy atom. The summed E-state index contributed by atoms with van der Waals surface area (Å²) in [5, 5.41) is 10.2. The number of hydrogen-bond donors (Lipinski definition) is 2. The molecule has 2 saturated carbocycles. The molecule has 5 heteroatoms. The standard InChI is InChI=1S/C17H19FN2OS/c18-19-15(22)20-9-17-8-16(6-2-1-3-12(16)14(17)20)13-7-10(21)4-5-11(13)17/h4-5,7,12,14,21H,1-3,6,8-9H2,(H,19,22)/t12?,14?,16-,17?/m0/s1. The van der Waals surface area contributed by atoms with E-state index < -0.39 is 0 Å². The second kappa shape index (κ2) is 3.94. The van der Waals surface area contributed by atoms with Crippen molar-refractivity contribution < 1.29 is 9.59 Å². The van der Waals surface area contributed by atoms with Crippen LogP contribution >= 0.6 is 12.2 Å². The average molecular weight is 318 g/mol. The van der Waals surface area contributed by atoms with E-state index in [-0.39, 0.29) is 15.9 Å². The van der Waals surface area contributed by atoms with Crippen molar-refractivity contribution in [2.24, 2.45) is 5.92 Å². The monoisotopic (exact) mass is 318 g/mol. The van der Waals surface area contributed by atoms with Crippen molar-refractivity contribution in [1.82, 2.24) is 10.4 Å². The van der Waals surface area contributed by atoms with Gasteiger partial charge in [-0.2, -0.15) is 5.54 Å². The Kier molecular flexibility index (Phi) is 2.35. The van der Waals surface area contributed by atoms with E-state index in [2.05, 4.69) is 11.0 Å². The summed E-state index contributed by atoms with van der Waals surface area (Å²) in [5.41, 5.74) is 4.73. The molecule has 1 heterocycles. The zero-order chi connectivity index (χ0) is 15.1. The van der Waals surface area contributed by atoms with Gasteiger partial charge in [0, 0.05) is 23.4 Å². The third kappa shape index (κ3) is 1.23. The van der Waals surface area contributed by atoms with Crippen molar-refractivity contribution in [2.45, 2.75) is 49.0 Å². The number of rotatable bonds is 0. The van der Waals surface area contributed by atoms with Gasteiger partial charge in [-0.1, -0.05) is 18.9 Å². The first-order valence-electron chi connectivity index (χ1n) is 8.14. The van der Waals surface area contributed by atoms with Gasteiger partial charge in [-0.3, -0.25) is 0 Å². The Labute approximate surface area is 134 Å². The fraction of sp³-hybridized carbons (Fsp3) is 0.588. The fourth-order valence-electron chi connectivity index (χ4n) is 6.35. The van der Waals surface area contributed by atoms with Gasteiger partial charge in [-0.15, -0.1) is 4.48 Å². The second-order valence-corrected chi connectivity index (χ2v) is 7.93. The summed E-state index contributed by atoms with van der Waals surface area (Å²) in [4.78, 5) is 2.06. The van der Waals surface area contributed by atoms with Crippen LogP contribution in [0.15, 0.2) is 18.2 Å². The summed E-state index contributed by atoms with van der Waals surface area (Å²) in [6.07, 6.45) is 6.03. The van der Waals surface area contributed by atoms with E-state index in [1.165, 1.54) is 36.8 Å². The molecule has 3 unspecified atom stereocenters. The normalized spacial score (nSPS) is 40.5. The van der Waals surface area contributed by atoms with Crippen LogP contribution in [-0.2, 0) is 10.8 Å². The number of phenolic OH excluding ortho intramolecular Hbond substituents is 1. The molecule has 2 bridgehead atoms. The third-order valence-electron chi connectivity index (χ3n) is 6.88. The number of benzene rings is 1. The number of thiocarbonyl (C=S) groups is 1. The molecule has 5 rings (SSSR count). The van der Waals surface area contributed by atoms with E-state index in [1.807, 2.05) is 6.07 Å². The van der Waals surface area contributed by atoms with Crippen molar-refractivity contribution in [2.75, 3.05) is 6.54 Å². The molecule has 116 valence electrons. The number of nitrogens with zero attached hydrogens (tertiary/aromatic N) is 1. The Morgan fingerprint density at radius 1 is 1.32 bits per heavy atom. The molecule has 4 atom stereocenters. The summed E-state index contributed by atoms with van der Waals surface area (Å²) in [7, 11) is 0. The number of likely N-dealkylation sites (tertiary alicyclic amines) is 1. The molecule has 3 fully saturated rings. The number of fused-ring (bicyclic) bond motifs is 2. The van der Waals surface area contributed by atoms with Crippen molar-refractivity contribution in [1.29, 1.82) is 0 Å². The van der Waals surface area contributed by atoms with Gasteiger partial charge < -0.3 is 10.0 Å². The van der Waals surface area contributed by atoms with Crippen LogP contribution in [0.5, 0.6) is 5.75 Å². The summed E-state index contributed by atoms with van der Waals surface area (Å²) in [6, 6.07) is 6.22. The van der Waals surface area contributed by atoms with E-state index in [0.717, 1.165) is 13.0 Å². The molecule has 1 aromatic carbocycles. The smallest absolute Gasteiger partial charge is 0.197 e. The lowest BCUT2D eigenvalue weighted by Crippen LogP contribution is -2.70. The predicted octanol–water partition coefficient (Wildman–Crippen LogP) is 2.92. The van der Waals surface area contributed by atoms with Gasteiger partial charge >= 0.3 is 0 Å². The number of halogens is 1. The Morgan fingerprint density at radius 2 is 2.18 bits per heavy atom. The summed E-state index contributed by atoms with van der Waals surface area (Å²) in [5.74, 6) is 0.908. The van der Waals surface area contributed by atoms with E-state index in [1.54, 1.807) is 11.6 Å². The Bertz CT molecular complexity index is 695. The topological polar surface area (TPSA) is 35.5 Å². The maximum atomic E-state index is 12.9. The molecule has 0 amide bonds. The van der Waals surface area contributed by atoms with Crippen LogP contribution in [-0.4, -0.2) is 27.7 Å². The third-order valence-corrected chi connectivity index (χ3v) is 7.19. The minimum atomic E-state index is 0.124. The predicted molar refractivity (Wildman–Crippen MR) is 85.4 cm³/mol. The summed E-state index contributed by atoms with van der Waals surface area (Å²) < 4.78 is 12.9. The van der Waals surface area contributed by atoms with Crippen molar-refractivity contribution in [3.63, 3.8) is 0 Å². The highest BCUT2D eigenvalue weighted by atomic mass is 32.1. The molecule has 22 heavy (non-hydrogen) atoms. The van der Waals surface area contributed by atoms with E-state index in [9.17, 15) is 9.59 Å². The number of hydrogen-bond acceptors (Lipinski definition) is 2. The van der Waals surface area contributed by atoms with Crippen molar-refractivity contribution in [3.05, 3.63) is 29.3 Å². The van der Waals surface area contributed by atoms with Crippen LogP contribution in [0, 0.1) is 5.92 Å². The molecule has 1 aliphatic heterocycles. The highest BCUT2D eigenvalue weighted by molar-refractivity contribution is 7.80. The average Bonchev–Trinajstić information content (AvgIpc) is 2.91. The molecule has 2 spiro atoms. The second-order valence-electron chi connectivity index (χ2n) is 7.54. The lowest BCUT2D eigenvalue weighted by molar-refractivity contribution is 0.0254. The first-order valence-corrected chi connectivity index (χ1v) is 8.54. The van der Waals surface area contributed by atoms with Gasteiger partial charge in [0.15, 0.2) is 5.11 Å². The molecular weight excluding hydrogens is 299 g/mol. The van der Waals surface area contributed by atoms with E-state index >= 15 is 0 Å². The lowest BCUT2D eigenvalue weighted by Gasteiger charge is -2.59. The molecule has 4 aliphatic rings. The first-order chi connectivity index (χ1) is 10.6. The van der Waals surface area contributed by atoms with Crippen molar-refractivity contribution in [3.8, 4) is 5.75 Å². The van der Waals surface area contributed by atoms with Gasteiger partial charge in [0.2, 0.25) is 0 Å². The minimum absolute atomic E-state index is 0.124. The summed E-state index contributed by atoms with van der Waals surface area (Å²) in [6.45, 7) is 0.809. The molecule has 1 saturated heterocycles. The molecule has 2 N–H and O–H groups in total. The number of nitrogens with one attached hydrogen (secondary N) is 1. The van der Waals surface area contributed by atoms with Gasteiger partial charge in [-0.05, 0) is 60.7 Å². The zero-order valence-corrected chi connectivity index (χ0v) is 13.1. The van der Waals surface area contributed by atoms with Crippen LogP contribution in [0.2, 0.25) is 0 Å². The van der Waals surface area contributed by atoms with Crippen LogP contribution in [0.1, 0.15) is 43.2 Å². The zero-order valence-electron chi connectivity index (χ0n) is 12.3. The molecule has 3 nitrogen and oxygen atoms in total. The van der Waals surface area contributed by atoms with Crippen LogP contribution in [0.4, 0.5) is 4.48 Å². The largest absolute Gasteiger partial charge is 0.508 e. The molecular formula is C17H19FN2OS. The van der Waals surface area contributed by atoms with Crippen molar-refractivity contribution >= 4 is 17.3 Å². The molecule has 1 aromatic rings. The Hall–Kier alpha value is -1.36. The van der Waals surface area contributed by atoms with Gasteiger partial charge in [-0.25, -0.2) is 0 Å². The quantitative estimate of drug-likeness (QED) is 0.569. The molecule has 3 aliphatic carbocycles. The SMILES string of the molecule is Oc1ccc2c(c1)[C@]13CCCCC1C1N(C(=S)NF)CC21C3. The Balaban J connectivity index is 1.69. The number of phenols is 1. The van der Waals surface area contributed by atoms with E-state index in [0.29, 0.717) is 17.7 Å². The molecule has 0 aromatic heterocycles.